The highest BCUT2D eigenvalue weighted by Gasteiger charge is 2.34. The van der Waals surface area contributed by atoms with Gasteiger partial charge in [0.1, 0.15) is 0 Å². The zero-order chi connectivity index (χ0) is 10.8. The Morgan fingerprint density at radius 2 is 2.13 bits per heavy atom. The molecule has 2 rings (SSSR count). The second-order valence-corrected chi connectivity index (χ2v) is 5.17. The molecule has 0 radical (unpaired) electrons. The smallest absolute Gasteiger partial charge is 0.234 e. The Morgan fingerprint density at radius 3 is 2.73 bits per heavy atom. The van der Waals surface area contributed by atoms with Gasteiger partial charge in [0.05, 0.1) is 6.04 Å². The number of hydrogen-bond acceptors (Lipinski definition) is 2. The van der Waals surface area contributed by atoms with Crippen molar-refractivity contribution < 1.29 is 4.79 Å². The molecular formula is C12H22N2O. The molecule has 86 valence electrons. The van der Waals surface area contributed by atoms with Crippen LogP contribution in [-0.4, -0.2) is 29.9 Å². The molecule has 1 amide bonds. The molecule has 0 aromatic carbocycles. The standard InChI is InChI=1S/C12H22N2O/c1-2-9-6-10(7-9)8-14-5-3-4-11(14)12(13)15/h9-11H,2-8H2,1H3,(H2,13,15)/t9?,10?,11-/m1/s1. The summed E-state index contributed by atoms with van der Waals surface area (Å²) < 4.78 is 0. The van der Waals surface area contributed by atoms with Crippen LogP contribution in [0.4, 0.5) is 0 Å². The van der Waals surface area contributed by atoms with E-state index >= 15 is 0 Å². The van der Waals surface area contributed by atoms with E-state index in [1.807, 2.05) is 0 Å². The van der Waals surface area contributed by atoms with E-state index < -0.39 is 0 Å². The predicted molar refractivity (Wildman–Crippen MR) is 60.3 cm³/mol. The molecule has 0 spiro atoms. The average molecular weight is 210 g/mol. The van der Waals surface area contributed by atoms with Crippen LogP contribution in [0.2, 0.25) is 0 Å². The summed E-state index contributed by atoms with van der Waals surface area (Å²) in [5.41, 5.74) is 5.40. The van der Waals surface area contributed by atoms with Gasteiger partial charge in [0, 0.05) is 6.54 Å². The highest BCUT2D eigenvalue weighted by atomic mass is 16.1. The average Bonchev–Trinajstić information content (AvgIpc) is 2.58. The molecule has 1 saturated heterocycles. The molecule has 3 nitrogen and oxygen atoms in total. The van der Waals surface area contributed by atoms with Crippen molar-refractivity contribution in [2.45, 2.75) is 45.1 Å². The molecule has 1 aliphatic heterocycles. The van der Waals surface area contributed by atoms with Gasteiger partial charge >= 0.3 is 0 Å². The van der Waals surface area contributed by atoms with Gasteiger partial charge < -0.3 is 5.73 Å². The van der Waals surface area contributed by atoms with Gasteiger partial charge in [-0.1, -0.05) is 13.3 Å². The monoisotopic (exact) mass is 210 g/mol. The number of hydrogen-bond donors (Lipinski definition) is 1. The van der Waals surface area contributed by atoms with E-state index in [2.05, 4.69) is 11.8 Å². The molecule has 0 unspecified atom stereocenters. The SMILES string of the molecule is CCC1CC(CN2CCC[C@@H]2C(N)=O)C1. The van der Waals surface area contributed by atoms with Crippen LogP contribution in [0.3, 0.4) is 0 Å². The van der Waals surface area contributed by atoms with Crippen LogP contribution < -0.4 is 5.73 Å². The highest BCUT2D eigenvalue weighted by Crippen LogP contribution is 2.37. The molecule has 15 heavy (non-hydrogen) atoms. The van der Waals surface area contributed by atoms with Crippen molar-refractivity contribution in [2.24, 2.45) is 17.6 Å². The summed E-state index contributed by atoms with van der Waals surface area (Å²) in [5, 5.41) is 0. The zero-order valence-electron chi connectivity index (χ0n) is 9.61. The summed E-state index contributed by atoms with van der Waals surface area (Å²) in [5.74, 6) is 1.65. The third kappa shape index (κ3) is 2.33. The van der Waals surface area contributed by atoms with Crippen LogP contribution in [-0.2, 0) is 4.79 Å². The second kappa shape index (κ2) is 4.52. The fourth-order valence-corrected chi connectivity index (χ4v) is 3.05. The van der Waals surface area contributed by atoms with E-state index in [-0.39, 0.29) is 11.9 Å². The van der Waals surface area contributed by atoms with Crippen LogP contribution in [0.5, 0.6) is 0 Å². The van der Waals surface area contributed by atoms with Crippen molar-refractivity contribution in [1.82, 2.24) is 4.90 Å². The van der Waals surface area contributed by atoms with Gasteiger partial charge in [-0.2, -0.15) is 0 Å². The maximum absolute atomic E-state index is 11.2. The summed E-state index contributed by atoms with van der Waals surface area (Å²) >= 11 is 0. The largest absolute Gasteiger partial charge is 0.368 e. The first-order valence-electron chi connectivity index (χ1n) is 6.24. The number of carbonyl (C=O) groups is 1. The van der Waals surface area contributed by atoms with E-state index in [4.69, 9.17) is 5.73 Å². The Kier molecular flexibility index (Phi) is 3.29. The number of likely N-dealkylation sites (tertiary alicyclic amines) is 1. The molecule has 3 heteroatoms. The zero-order valence-corrected chi connectivity index (χ0v) is 9.61. The first-order valence-corrected chi connectivity index (χ1v) is 6.24. The third-order valence-electron chi connectivity index (χ3n) is 4.10. The summed E-state index contributed by atoms with van der Waals surface area (Å²) in [4.78, 5) is 13.5. The minimum atomic E-state index is -0.126. The lowest BCUT2D eigenvalue weighted by molar-refractivity contribution is -0.122. The van der Waals surface area contributed by atoms with Crippen molar-refractivity contribution in [3.05, 3.63) is 0 Å². The lowest BCUT2D eigenvalue weighted by Crippen LogP contribution is -2.44. The van der Waals surface area contributed by atoms with E-state index in [1.165, 1.54) is 19.3 Å². The topological polar surface area (TPSA) is 46.3 Å². The van der Waals surface area contributed by atoms with Gasteiger partial charge in [-0.3, -0.25) is 9.69 Å². The molecule has 2 aliphatic rings. The van der Waals surface area contributed by atoms with Crippen molar-refractivity contribution in [1.29, 1.82) is 0 Å². The van der Waals surface area contributed by atoms with E-state index in [0.29, 0.717) is 0 Å². The molecule has 1 atom stereocenters. The molecule has 1 saturated carbocycles. The van der Waals surface area contributed by atoms with Crippen molar-refractivity contribution in [3.63, 3.8) is 0 Å². The van der Waals surface area contributed by atoms with Crippen LogP contribution in [0.15, 0.2) is 0 Å². The quantitative estimate of drug-likeness (QED) is 0.762. The van der Waals surface area contributed by atoms with Crippen molar-refractivity contribution in [3.8, 4) is 0 Å². The number of nitrogens with zero attached hydrogens (tertiary/aromatic N) is 1. The van der Waals surface area contributed by atoms with Gasteiger partial charge in [0.2, 0.25) is 5.91 Å². The Balaban J connectivity index is 1.77. The number of primary amides is 1. The highest BCUT2D eigenvalue weighted by molar-refractivity contribution is 5.80. The van der Waals surface area contributed by atoms with Crippen LogP contribution in [0, 0.1) is 11.8 Å². The van der Waals surface area contributed by atoms with Gasteiger partial charge in [0.15, 0.2) is 0 Å². The minimum Gasteiger partial charge on any atom is -0.368 e. The first-order chi connectivity index (χ1) is 7.20. The number of amides is 1. The third-order valence-corrected chi connectivity index (χ3v) is 4.10. The number of nitrogens with two attached hydrogens (primary N) is 1. The van der Waals surface area contributed by atoms with Gasteiger partial charge in [0.25, 0.3) is 0 Å². The van der Waals surface area contributed by atoms with Crippen molar-refractivity contribution >= 4 is 5.91 Å². The summed E-state index contributed by atoms with van der Waals surface area (Å²) in [6.07, 6.45) is 6.14. The van der Waals surface area contributed by atoms with Crippen LogP contribution >= 0.6 is 0 Å². The second-order valence-electron chi connectivity index (χ2n) is 5.17. The molecule has 0 aromatic heterocycles. The van der Waals surface area contributed by atoms with Crippen LogP contribution in [0.1, 0.15) is 39.0 Å². The molecule has 0 bridgehead atoms. The normalized spacial score (nSPS) is 36.5. The summed E-state index contributed by atoms with van der Waals surface area (Å²) in [6.45, 7) is 4.44. The van der Waals surface area contributed by atoms with Gasteiger partial charge in [-0.25, -0.2) is 0 Å². The Labute approximate surface area is 92.0 Å². The van der Waals surface area contributed by atoms with Gasteiger partial charge in [-0.05, 0) is 44.1 Å². The predicted octanol–water partition coefficient (Wildman–Crippen LogP) is 1.37. The maximum atomic E-state index is 11.2. The lowest BCUT2D eigenvalue weighted by atomic mass is 9.73. The molecule has 2 fully saturated rings. The Morgan fingerprint density at radius 1 is 1.40 bits per heavy atom. The van der Waals surface area contributed by atoms with Crippen molar-refractivity contribution in [2.75, 3.05) is 13.1 Å². The first kappa shape index (κ1) is 10.9. The minimum absolute atomic E-state index is 0.0330. The summed E-state index contributed by atoms with van der Waals surface area (Å²) in [7, 11) is 0. The fourth-order valence-electron chi connectivity index (χ4n) is 3.05. The lowest BCUT2D eigenvalue weighted by Gasteiger charge is -2.38. The Hall–Kier alpha value is -0.570. The molecule has 2 N–H and O–H groups in total. The Bertz CT molecular complexity index is 236. The maximum Gasteiger partial charge on any atom is 0.234 e. The van der Waals surface area contributed by atoms with Crippen LogP contribution in [0.25, 0.3) is 0 Å². The molecule has 0 aromatic rings. The van der Waals surface area contributed by atoms with E-state index in [1.54, 1.807) is 0 Å². The molecular weight excluding hydrogens is 188 g/mol. The van der Waals surface area contributed by atoms with Gasteiger partial charge in [-0.15, -0.1) is 0 Å². The van der Waals surface area contributed by atoms with E-state index in [0.717, 1.165) is 37.8 Å². The molecule has 1 aliphatic carbocycles. The number of carbonyl (C=O) groups excluding carboxylic acids is 1. The summed E-state index contributed by atoms with van der Waals surface area (Å²) in [6, 6.07) is 0.0330. The van der Waals surface area contributed by atoms with E-state index in [9.17, 15) is 4.79 Å². The fraction of sp³-hybridized carbons (Fsp3) is 0.917. The molecule has 1 heterocycles. The number of rotatable bonds is 4.